The first kappa shape index (κ1) is 19.8. The van der Waals surface area contributed by atoms with Crippen LogP contribution in [0, 0.1) is 0 Å². The molecule has 1 saturated heterocycles. The largest absolute Gasteiger partial charge is 0.493 e. The number of carbonyl (C=O) groups excluding carboxylic acids is 2. The van der Waals surface area contributed by atoms with Crippen molar-refractivity contribution in [3.63, 3.8) is 0 Å². The fourth-order valence-electron chi connectivity index (χ4n) is 3.05. The van der Waals surface area contributed by atoms with Gasteiger partial charge >= 0.3 is 0 Å². The number of allylic oxidation sites excluding steroid dienone is 1. The van der Waals surface area contributed by atoms with Crippen LogP contribution in [-0.4, -0.2) is 44.0 Å². The molecule has 1 fully saturated rings. The number of anilines is 1. The van der Waals surface area contributed by atoms with E-state index in [1.807, 2.05) is 17.9 Å². The smallest absolute Gasteiger partial charge is 0.256 e. The Kier molecular flexibility index (Phi) is 7.06. The van der Waals surface area contributed by atoms with E-state index >= 15 is 0 Å². The molecule has 0 atom stereocenters. The normalized spacial score (nSPS) is 14.8. The van der Waals surface area contributed by atoms with E-state index in [1.165, 1.54) is 14.2 Å². The van der Waals surface area contributed by atoms with Crippen LogP contribution in [0.15, 0.2) is 23.8 Å². The zero-order valence-electron chi connectivity index (χ0n) is 16.1. The van der Waals surface area contributed by atoms with Crippen molar-refractivity contribution in [3.8, 4) is 11.5 Å². The quantitative estimate of drug-likeness (QED) is 0.787. The van der Waals surface area contributed by atoms with Gasteiger partial charge in [-0.15, -0.1) is 0 Å². The molecule has 0 saturated carbocycles. The first-order valence-electron chi connectivity index (χ1n) is 9.05. The first-order valence-corrected chi connectivity index (χ1v) is 9.05. The van der Waals surface area contributed by atoms with E-state index < -0.39 is 0 Å². The Morgan fingerprint density at radius 3 is 2.31 bits per heavy atom. The van der Waals surface area contributed by atoms with Crippen molar-refractivity contribution < 1.29 is 19.1 Å². The molecule has 0 aliphatic carbocycles. The topological polar surface area (TPSA) is 67.9 Å². The zero-order chi connectivity index (χ0) is 19.1. The van der Waals surface area contributed by atoms with E-state index in [1.54, 1.807) is 19.1 Å². The molecule has 26 heavy (non-hydrogen) atoms. The molecule has 0 unspecified atom stereocenters. The lowest BCUT2D eigenvalue weighted by Crippen LogP contribution is -2.36. The molecule has 0 aromatic heterocycles. The average Bonchev–Trinajstić information content (AvgIpc) is 2.67. The van der Waals surface area contributed by atoms with Gasteiger partial charge in [0, 0.05) is 24.7 Å². The summed E-state index contributed by atoms with van der Waals surface area (Å²) in [6.45, 7) is 5.19. The van der Waals surface area contributed by atoms with E-state index in [0.29, 0.717) is 28.3 Å². The van der Waals surface area contributed by atoms with Gasteiger partial charge in [-0.3, -0.25) is 9.59 Å². The molecule has 1 aliphatic heterocycles. The van der Waals surface area contributed by atoms with Gasteiger partial charge in [0.15, 0.2) is 11.5 Å². The Morgan fingerprint density at radius 1 is 1.12 bits per heavy atom. The minimum atomic E-state index is -0.230. The lowest BCUT2D eigenvalue weighted by atomic mass is 10.1. The van der Waals surface area contributed by atoms with Gasteiger partial charge in [0.05, 0.1) is 25.5 Å². The Labute approximate surface area is 155 Å². The second-order valence-corrected chi connectivity index (χ2v) is 6.36. The molecule has 1 aromatic carbocycles. The number of nitrogens with one attached hydrogen (secondary N) is 1. The van der Waals surface area contributed by atoms with Crippen LogP contribution < -0.4 is 14.8 Å². The number of methoxy groups -OCH3 is 2. The highest BCUT2D eigenvalue weighted by Crippen LogP contribution is 2.34. The molecule has 0 radical (unpaired) electrons. The van der Waals surface area contributed by atoms with Crippen LogP contribution in [0.4, 0.5) is 5.69 Å². The second-order valence-electron chi connectivity index (χ2n) is 6.36. The van der Waals surface area contributed by atoms with Crippen molar-refractivity contribution in [1.82, 2.24) is 4.90 Å². The molecule has 142 valence electrons. The van der Waals surface area contributed by atoms with Crippen LogP contribution in [0.25, 0.3) is 0 Å². The number of hydrogen-bond acceptors (Lipinski definition) is 4. The highest BCUT2D eigenvalue weighted by Gasteiger charge is 2.24. The number of benzene rings is 1. The van der Waals surface area contributed by atoms with Gasteiger partial charge in [0.1, 0.15) is 0 Å². The Hall–Kier alpha value is -2.50. The number of amides is 2. The fourth-order valence-corrected chi connectivity index (χ4v) is 3.05. The summed E-state index contributed by atoms with van der Waals surface area (Å²) < 4.78 is 10.7. The molecule has 0 spiro atoms. The average molecular weight is 360 g/mol. The molecular formula is C20H28N2O4. The third-order valence-corrected chi connectivity index (χ3v) is 4.51. The summed E-state index contributed by atoms with van der Waals surface area (Å²) in [7, 11) is 3.05. The maximum absolute atomic E-state index is 13.0. The molecule has 0 bridgehead atoms. The Bertz CT molecular complexity index is 691. The molecule has 6 heteroatoms. The minimum absolute atomic E-state index is 0.0990. The SMILES string of the molecule is CC/C=C(/C)C(=O)Nc1cc(OC)c(OC)cc1C(=O)N1CCCCC1. The van der Waals surface area contributed by atoms with Crippen molar-refractivity contribution in [3.05, 3.63) is 29.3 Å². The molecule has 2 rings (SSSR count). The van der Waals surface area contributed by atoms with Crippen molar-refractivity contribution in [2.24, 2.45) is 0 Å². The summed E-state index contributed by atoms with van der Waals surface area (Å²) in [5.74, 6) is 0.603. The number of hydrogen-bond donors (Lipinski definition) is 1. The molecule has 1 N–H and O–H groups in total. The summed E-state index contributed by atoms with van der Waals surface area (Å²) >= 11 is 0. The standard InChI is InChI=1S/C20H28N2O4/c1-5-9-14(2)19(23)21-16-13-18(26-4)17(25-3)12-15(16)20(24)22-10-7-6-8-11-22/h9,12-13H,5-8,10-11H2,1-4H3,(H,21,23)/b14-9-. The summed E-state index contributed by atoms with van der Waals surface area (Å²) in [5.41, 5.74) is 1.47. The van der Waals surface area contributed by atoms with Gasteiger partial charge in [-0.2, -0.15) is 0 Å². The third kappa shape index (κ3) is 4.56. The van der Waals surface area contributed by atoms with Gasteiger partial charge in [-0.25, -0.2) is 0 Å². The van der Waals surface area contributed by atoms with Crippen molar-refractivity contribution in [2.75, 3.05) is 32.6 Å². The van der Waals surface area contributed by atoms with Crippen LogP contribution in [-0.2, 0) is 4.79 Å². The molecular weight excluding hydrogens is 332 g/mol. The maximum Gasteiger partial charge on any atom is 0.256 e. The summed E-state index contributed by atoms with van der Waals surface area (Å²) in [5, 5.41) is 2.85. The lowest BCUT2D eigenvalue weighted by molar-refractivity contribution is -0.112. The summed E-state index contributed by atoms with van der Waals surface area (Å²) in [6, 6.07) is 3.29. The van der Waals surface area contributed by atoms with Gasteiger partial charge in [-0.1, -0.05) is 13.0 Å². The van der Waals surface area contributed by atoms with Crippen LogP contribution in [0.2, 0.25) is 0 Å². The van der Waals surface area contributed by atoms with Crippen LogP contribution in [0.5, 0.6) is 11.5 Å². The minimum Gasteiger partial charge on any atom is -0.493 e. The molecule has 6 nitrogen and oxygen atoms in total. The fraction of sp³-hybridized carbons (Fsp3) is 0.500. The number of rotatable bonds is 6. The van der Waals surface area contributed by atoms with E-state index in [9.17, 15) is 9.59 Å². The van der Waals surface area contributed by atoms with Crippen molar-refractivity contribution in [2.45, 2.75) is 39.5 Å². The Morgan fingerprint density at radius 2 is 1.73 bits per heavy atom. The number of piperidine rings is 1. The molecule has 1 aromatic rings. The number of nitrogens with zero attached hydrogens (tertiary/aromatic N) is 1. The Balaban J connectivity index is 2.41. The molecule has 1 heterocycles. The van der Waals surface area contributed by atoms with Crippen molar-refractivity contribution >= 4 is 17.5 Å². The molecule has 2 amide bonds. The number of ether oxygens (including phenoxy) is 2. The van der Waals surface area contributed by atoms with Gasteiger partial charge in [0.2, 0.25) is 0 Å². The van der Waals surface area contributed by atoms with Gasteiger partial charge in [-0.05, 0) is 38.7 Å². The predicted molar refractivity (Wildman–Crippen MR) is 102 cm³/mol. The number of likely N-dealkylation sites (tertiary alicyclic amines) is 1. The zero-order valence-corrected chi connectivity index (χ0v) is 16.1. The maximum atomic E-state index is 13.0. The van der Waals surface area contributed by atoms with E-state index in [2.05, 4.69) is 5.32 Å². The number of carbonyl (C=O) groups is 2. The van der Waals surface area contributed by atoms with Gasteiger partial charge in [0.25, 0.3) is 11.8 Å². The summed E-state index contributed by atoms with van der Waals surface area (Å²) in [4.78, 5) is 27.3. The van der Waals surface area contributed by atoms with Crippen LogP contribution >= 0.6 is 0 Å². The van der Waals surface area contributed by atoms with Gasteiger partial charge < -0.3 is 19.7 Å². The highest BCUT2D eigenvalue weighted by atomic mass is 16.5. The van der Waals surface area contributed by atoms with E-state index in [4.69, 9.17) is 9.47 Å². The van der Waals surface area contributed by atoms with Crippen LogP contribution in [0.3, 0.4) is 0 Å². The predicted octanol–water partition coefficient (Wildman–Crippen LogP) is 3.62. The second kappa shape index (κ2) is 9.27. The first-order chi connectivity index (χ1) is 12.5. The monoisotopic (exact) mass is 360 g/mol. The van der Waals surface area contributed by atoms with Crippen molar-refractivity contribution in [1.29, 1.82) is 0 Å². The van der Waals surface area contributed by atoms with E-state index in [-0.39, 0.29) is 11.8 Å². The van der Waals surface area contributed by atoms with Crippen LogP contribution in [0.1, 0.15) is 49.9 Å². The highest BCUT2D eigenvalue weighted by molar-refractivity contribution is 6.09. The molecule has 1 aliphatic rings. The summed E-state index contributed by atoms with van der Waals surface area (Å²) in [6.07, 6.45) is 5.76. The van der Waals surface area contributed by atoms with E-state index in [0.717, 1.165) is 38.8 Å². The third-order valence-electron chi connectivity index (χ3n) is 4.51. The lowest BCUT2D eigenvalue weighted by Gasteiger charge is -2.28.